The maximum Gasteiger partial charge on any atom is 0.416 e. The maximum atomic E-state index is 14.0. The van der Waals surface area contributed by atoms with Crippen molar-refractivity contribution in [2.24, 2.45) is 5.73 Å². The maximum absolute atomic E-state index is 14.0. The molecule has 1 heterocycles. The Morgan fingerprint density at radius 1 is 0.881 bits per heavy atom. The number of carbonyl (C=O) groups is 2. The van der Waals surface area contributed by atoms with Gasteiger partial charge in [-0.05, 0) is 35.9 Å². The standard InChI is InChI=1S/C30H24F3N3O6/c1-39-22-11-7-8-12-23(22)42-21-14-13-18(30(31,32)33)15-20(21)36-26(29(38)41-3)25(28(37)40-2)24(19(16-34)27(36)35)17-9-5-4-6-10-17/h4-15,24H,35H2,1-3H3. The summed E-state index contributed by atoms with van der Waals surface area (Å²) in [7, 11) is 3.47. The summed E-state index contributed by atoms with van der Waals surface area (Å²) in [5, 5.41) is 10.2. The Kier molecular flexibility index (Phi) is 8.42. The van der Waals surface area contributed by atoms with Crippen molar-refractivity contribution >= 4 is 17.6 Å². The quantitative estimate of drug-likeness (QED) is 0.366. The summed E-state index contributed by atoms with van der Waals surface area (Å²) in [5.41, 5.74) is 4.20. The van der Waals surface area contributed by atoms with Crippen molar-refractivity contribution < 1.29 is 41.7 Å². The average Bonchev–Trinajstić information content (AvgIpc) is 3.00. The van der Waals surface area contributed by atoms with E-state index >= 15 is 0 Å². The number of hydrogen-bond acceptors (Lipinski definition) is 9. The molecular weight excluding hydrogens is 555 g/mol. The van der Waals surface area contributed by atoms with Crippen molar-refractivity contribution in [3.63, 3.8) is 0 Å². The van der Waals surface area contributed by atoms with Gasteiger partial charge in [-0.2, -0.15) is 18.4 Å². The number of halogens is 3. The Balaban J connectivity index is 2.10. The van der Waals surface area contributed by atoms with Gasteiger partial charge in [0.25, 0.3) is 0 Å². The van der Waals surface area contributed by atoms with Gasteiger partial charge in [-0.15, -0.1) is 0 Å². The molecule has 9 nitrogen and oxygen atoms in total. The summed E-state index contributed by atoms with van der Waals surface area (Å²) >= 11 is 0. The number of para-hydroxylation sites is 2. The lowest BCUT2D eigenvalue weighted by molar-refractivity contribution is -0.139. The van der Waals surface area contributed by atoms with Crippen LogP contribution in [0.3, 0.4) is 0 Å². The molecule has 0 saturated carbocycles. The fourth-order valence-corrected chi connectivity index (χ4v) is 4.54. The molecule has 0 aromatic heterocycles. The van der Waals surface area contributed by atoms with Crippen LogP contribution in [0.1, 0.15) is 17.0 Å². The number of benzene rings is 3. The molecule has 1 aliphatic rings. The van der Waals surface area contributed by atoms with E-state index < -0.39 is 46.8 Å². The molecule has 0 spiro atoms. The Hall–Kier alpha value is -5.44. The van der Waals surface area contributed by atoms with Gasteiger partial charge in [0.15, 0.2) is 17.2 Å². The van der Waals surface area contributed by atoms with Gasteiger partial charge in [0.1, 0.15) is 11.5 Å². The summed E-state index contributed by atoms with van der Waals surface area (Å²) < 4.78 is 63.1. The fourth-order valence-electron chi connectivity index (χ4n) is 4.54. The summed E-state index contributed by atoms with van der Waals surface area (Å²) in [6.45, 7) is 0. The van der Waals surface area contributed by atoms with Crippen LogP contribution >= 0.6 is 0 Å². The summed E-state index contributed by atoms with van der Waals surface area (Å²) in [4.78, 5) is 27.5. The van der Waals surface area contributed by atoms with Crippen molar-refractivity contribution in [2.75, 3.05) is 26.2 Å². The normalized spacial score (nSPS) is 15.2. The molecule has 1 unspecified atom stereocenters. The summed E-state index contributed by atoms with van der Waals surface area (Å²) in [6, 6.07) is 19.0. The van der Waals surface area contributed by atoms with E-state index in [9.17, 15) is 28.0 Å². The van der Waals surface area contributed by atoms with Crippen molar-refractivity contribution in [1.82, 2.24) is 0 Å². The van der Waals surface area contributed by atoms with Gasteiger partial charge in [0.05, 0.1) is 55.7 Å². The number of nitrogens with zero attached hydrogens (tertiary/aromatic N) is 2. The molecule has 3 aromatic rings. The Labute approximate surface area is 238 Å². The van der Waals surface area contributed by atoms with E-state index in [0.717, 1.165) is 31.3 Å². The first-order chi connectivity index (χ1) is 20.1. The van der Waals surface area contributed by atoms with Crippen molar-refractivity contribution in [1.29, 1.82) is 5.26 Å². The van der Waals surface area contributed by atoms with E-state index in [1.807, 2.05) is 6.07 Å². The highest BCUT2D eigenvalue weighted by Gasteiger charge is 2.44. The minimum absolute atomic E-state index is 0.125. The Morgan fingerprint density at radius 3 is 2.07 bits per heavy atom. The van der Waals surface area contributed by atoms with Crippen LogP contribution in [-0.2, 0) is 25.2 Å². The molecular formula is C30H24F3N3O6. The predicted octanol–water partition coefficient (Wildman–Crippen LogP) is 5.40. The number of anilines is 1. The minimum atomic E-state index is -4.82. The number of hydrogen-bond donors (Lipinski definition) is 1. The van der Waals surface area contributed by atoms with Crippen molar-refractivity contribution in [2.45, 2.75) is 12.1 Å². The van der Waals surface area contributed by atoms with Crippen LogP contribution < -0.4 is 20.1 Å². The number of allylic oxidation sites excluding steroid dienone is 1. The highest BCUT2D eigenvalue weighted by atomic mass is 19.4. The number of alkyl halides is 3. The number of methoxy groups -OCH3 is 3. The number of rotatable bonds is 7. The van der Waals surface area contributed by atoms with Crippen LogP contribution in [0.4, 0.5) is 18.9 Å². The van der Waals surface area contributed by atoms with Gasteiger partial charge in [0, 0.05) is 0 Å². The van der Waals surface area contributed by atoms with Crippen LogP contribution in [0.2, 0.25) is 0 Å². The highest BCUT2D eigenvalue weighted by molar-refractivity contribution is 6.06. The number of esters is 2. The molecule has 1 aliphatic heterocycles. The first-order valence-electron chi connectivity index (χ1n) is 12.2. The lowest BCUT2D eigenvalue weighted by Crippen LogP contribution is -2.41. The zero-order valence-electron chi connectivity index (χ0n) is 22.6. The monoisotopic (exact) mass is 579 g/mol. The van der Waals surface area contributed by atoms with Crippen LogP contribution in [0.15, 0.2) is 95.5 Å². The van der Waals surface area contributed by atoms with E-state index in [-0.39, 0.29) is 28.4 Å². The number of nitriles is 1. The third-order valence-corrected chi connectivity index (χ3v) is 6.43. The van der Waals surface area contributed by atoms with Gasteiger partial charge in [-0.3, -0.25) is 4.90 Å². The van der Waals surface area contributed by atoms with Crippen LogP contribution in [0, 0.1) is 11.3 Å². The largest absolute Gasteiger partial charge is 0.493 e. The smallest absolute Gasteiger partial charge is 0.416 e. The first-order valence-corrected chi connectivity index (χ1v) is 12.2. The molecule has 0 amide bonds. The van der Waals surface area contributed by atoms with Gasteiger partial charge in [-0.1, -0.05) is 42.5 Å². The van der Waals surface area contributed by atoms with Gasteiger partial charge < -0.3 is 24.7 Å². The SMILES string of the molecule is COC(=O)C1=C(C(=O)OC)N(c2cc(C(F)(F)F)ccc2Oc2ccccc2OC)C(N)=C(C#N)C1c1ccccc1. The van der Waals surface area contributed by atoms with Crippen molar-refractivity contribution in [3.8, 4) is 23.3 Å². The van der Waals surface area contributed by atoms with E-state index in [2.05, 4.69) is 0 Å². The molecule has 1 atom stereocenters. The molecule has 12 heteroatoms. The number of nitrogens with two attached hydrogens (primary N) is 1. The molecule has 0 aliphatic carbocycles. The lowest BCUT2D eigenvalue weighted by Gasteiger charge is -2.36. The van der Waals surface area contributed by atoms with E-state index in [1.165, 1.54) is 13.2 Å². The number of ether oxygens (including phenoxy) is 4. The Bertz CT molecular complexity index is 1630. The minimum Gasteiger partial charge on any atom is -0.493 e. The van der Waals surface area contributed by atoms with Gasteiger partial charge >= 0.3 is 18.1 Å². The van der Waals surface area contributed by atoms with E-state index in [1.54, 1.807) is 48.5 Å². The molecule has 2 N–H and O–H groups in total. The fraction of sp³-hybridized carbons (Fsp3) is 0.167. The average molecular weight is 580 g/mol. The molecule has 42 heavy (non-hydrogen) atoms. The predicted molar refractivity (Wildman–Crippen MR) is 144 cm³/mol. The zero-order valence-corrected chi connectivity index (χ0v) is 22.6. The van der Waals surface area contributed by atoms with Crippen LogP contribution in [0.5, 0.6) is 17.2 Å². The molecule has 216 valence electrons. The summed E-state index contributed by atoms with van der Waals surface area (Å²) in [6.07, 6.45) is -4.82. The molecule has 3 aromatic carbocycles. The lowest BCUT2D eigenvalue weighted by atomic mass is 9.81. The third-order valence-electron chi connectivity index (χ3n) is 6.43. The highest BCUT2D eigenvalue weighted by Crippen LogP contribution is 2.48. The van der Waals surface area contributed by atoms with E-state index in [0.29, 0.717) is 11.6 Å². The van der Waals surface area contributed by atoms with Gasteiger partial charge in [0.2, 0.25) is 0 Å². The van der Waals surface area contributed by atoms with Gasteiger partial charge in [-0.25, -0.2) is 9.59 Å². The molecule has 0 radical (unpaired) electrons. The third kappa shape index (κ3) is 5.44. The molecule has 0 saturated heterocycles. The number of carbonyl (C=O) groups excluding carboxylic acids is 2. The van der Waals surface area contributed by atoms with Crippen molar-refractivity contribution in [3.05, 3.63) is 107 Å². The molecule has 4 rings (SSSR count). The topological polar surface area (TPSA) is 124 Å². The molecule has 0 fully saturated rings. The summed E-state index contributed by atoms with van der Waals surface area (Å²) in [5.74, 6) is -3.63. The first kappa shape index (κ1) is 29.5. The molecule has 0 bridgehead atoms. The second-order valence-electron chi connectivity index (χ2n) is 8.77. The second kappa shape index (κ2) is 12.0. The van der Waals surface area contributed by atoms with Crippen LogP contribution in [-0.4, -0.2) is 33.3 Å². The second-order valence-corrected chi connectivity index (χ2v) is 8.77. The van der Waals surface area contributed by atoms with Crippen LogP contribution in [0.25, 0.3) is 0 Å². The Morgan fingerprint density at radius 2 is 1.50 bits per heavy atom. The zero-order chi connectivity index (χ0) is 30.6. The van der Waals surface area contributed by atoms with E-state index in [4.69, 9.17) is 24.7 Å².